The van der Waals surface area contributed by atoms with Gasteiger partial charge in [-0.25, -0.2) is 0 Å². The van der Waals surface area contributed by atoms with Crippen LogP contribution in [0.4, 0.5) is 0 Å². The van der Waals surface area contributed by atoms with Gasteiger partial charge in [-0.3, -0.25) is 14.6 Å². The van der Waals surface area contributed by atoms with Crippen molar-refractivity contribution < 1.29 is 19.1 Å². The van der Waals surface area contributed by atoms with Crippen LogP contribution in [0.1, 0.15) is 23.6 Å². The number of ether oxygens (including phenoxy) is 2. The molecule has 1 fully saturated rings. The zero-order chi connectivity index (χ0) is 19.4. The Hall–Kier alpha value is -3.09. The molecule has 1 aromatic heterocycles. The van der Waals surface area contributed by atoms with Gasteiger partial charge in [0.25, 0.3) is 0 Å². The first-order valence-electron chi connectivity index (χ1n) is 8.69. The molecular formula is C20H23N3O4. The molecule has 2 aromatic rings. The first-order chi connectivity index (χ1) is 13.0. The zero-order valence-corrected chi connectivity index (χ0v) is 15.6. The molecule has 27 heavy (non-hydrogen) atoms. The monoisotopic (exact) mass is 369 g/mol. The van der Waals surface area contributed by atoms with Crippen LogP contribution in [-0.2, 0) is 16.1 Å². The second kappa shape index (κ2) is 8.07. The minimum absolute atomic E-state index is 0.0462. The van der Waals surface area contributed by atoms with Gasteiger partial charge in [-0.15, -0.1) is 0 Å². The summed E-state index contributed by atoms with van der Waals surface area (Å²) in [4.78, 5) is 30.7. The molecular weight excluding hydrogens is 346 g/mol. The lowest BCUT2D eigenvalue weighted by molar-refractivity contribution is -0.128. The number of aromatic nitrogens is 1. The minimum atomic E-state index is -0.452. The van der Waals surface area contributed by atoms with Gasteiger partial charge in [-0.2, -0.15) is 0 Å². The first kappa shape index (κ1) is 18.7. The second-order valence-corrected chi connectivity index (χ2v) is 6.45. The van der Waals surface area contributed by atoms with Crippen molar-refractivity contribution >= 4 is 11.8 Å². The second-order valence-electron chi connectivity index (χ2n) is 6.45. The number of pyridine rings is 1. The SMILES string of the molecule is COc1ccc(CNC(=O)C2CC(=O)N(C)C2c2cccnc2)cc1OC. The maximum absolute atomic E-state index is 12.8. The van der Waals surface area contributed by atoms with Crippen LogP contribution in [0.2, 0.25) is 0 Å². The van der Waals surface area contributed by atoms with Crippen molar-refractivity contribution in [3.05, 3.63) is 53.9 Å². The van der Waals surface area contributed by atoms with Crippen LogP contribution in [0.25, 0.3) is 0 Å². The lowest BCUT2D eigenvalue weighted by Gasteiger charge is -2.24. The average molecular weight is 369 g/mol. The molecule has 3 rings (SSSR count). The predicted octanol–water partition coefficient (Wildman–Crippen LogP) is 1.93. The highest BCUT2D eigenvalue weighted by Gasteiger charge is 2.42. The van der Waals surface area contributed by atoms with E-state index in [9.17, 15) is 9.59 Å². The molecule has 1 aliphatic heterocycles. The molecule has 2 unspecified atom stereocenters. The van der Waals surface area contributed by atoms with E-state index in [1.807, 2.05) is 24.3 Å². The molecule has 1 N–H and O–H groups in total. The quantitative estimate of drug-likeness (QED) is 0.842. The van der Waals surface area contributed by atoms with Gasteiger partial charge in [0.05, 0.1) is 26.2 Å². The molecule has 2 atom stereocenters. The van der Waals surface area contributed by atoms with Crippen LogP contribution in [0.5, 0.6) is 11.5 Å². The van der Waals surface area contributed by atoms with Crippen LogP contribution in [-0.4, -0.2) is 43.0 Å². The summed E-state index contributed by atoms with van der Waals surface area (Å²) >= 11 is 0. The van der Waals surface area contributed by atoms with Gasteiger partial charge >= 0.3 is 0 Å². The fourth-order valence-corrected chi connectivity index (χ4v) is 3.42. The van der Waals surface area contributed by atoms with Crippen molar-refractivity contribution in [1.82, 2.24) is 15.2 Å². The van der Waals surface area contributed by atoms with E-state index in [4.69, 9.17) is 9.47 Å². The van der Waals surface area contributed by atoms with Crippen LogP contribution < -0.4 is 14.8 Å². The number of hydrogen-bond acceptors (Lipinski definition) is 5. The Balaban J connectivity index is 1.72. The van der Waals surface area contributed by atoms with Gasteiger partial charge < -0.3 is 19.7 Å². The number of nitrogens with zero attached hydrogens (tertiary/aromatic N) is 2. The molecule has 0 saturated carbocycles. The summed E-state index contributed by atoms with van der Waals surface area (Å²) in [7, 11) is 4.87. The molecule has 7 nitrogen and oxygen atoms in total. The molecule has 0 bridgehead atoms. The number of amides is 2. The van der Waals surface area contributed by atoms with E-state index in [1.165, 1.54) is 0 Å². The molecule has 1 saturated heterocycles. The Kier molecular flexibility index (Phi) is 5.59. The highest BCUT2D eigenvalue weighted by Crippen LogP contribution is 2.36. The predicted molar refractivity (Wildman–Crippen MR) is 99.2 cm³/mol. The van der Waals surface area contributed by atoms with Gasteiger partial charge in [-0.05, 0) is 29.3 Å². The first-order valence-corrected chi connectivity index (χ1v) is 8.69. The van der Waals surface area contributed by atoms with E-state index in [0.717, 1.165) is 11.1 Å². The Morgan fingerprint density at radius 3 is 2.70 bits per heavy atom. The van der Waals surface area contributed by atoms with Crippen molar-refractivity contribution in [3.8, 4) is 11.5 Å². The average Bonchev–Trinajstić information content (AvgIpc) is 3.01. The van der Waals surface area contributed by atoms with Crippen molar-refractivity contribution in [2.45, 2.75) is 19.0 Å². The third-order valence-corrected chi connectivity index (χ3v) is 4.86. The van der Waals surface area contributed by atoms with E-state index in [0.29, 0.717) is 18.0 Å². The Bertz CT molecular complexity index is 825. The summed E-state index contributed by atoms with van der Waals surface area (Å²) in [5.74, 6) is 0.582. The molecule has 142 valence electrons. The molecule has 2 heterocycles. The summed E-state index contributed by atoms with van der Waals surface area (Å²) in [5, 5.41) is 2.94. The summed E-state index contributed by atoms with van der Waals surface area (Å²) in [6.07, 6.45) is 3.56. The van der Waals surface area contributed by atoms with E-state index < -0.39 is 5.92 Å². The number of hydrogen-bond donors (Lipinski definition) is 1. The van der Waals surface area contributed by atoms with Crippen LogP contribution in [0.15, 0.2) is 42.7 Å². The van der Waals surface area contributed by atoms with Crippen LogP contribution >= 0.6 is 0 Å². The molecule has 1 aromatic carbocycles. The normalized spacial score (nSPS) is 19.1. The van der Waals surface area contributed by atoms with Crippen molar-refractivity contribution in [3.63, 3.8) is 0 Å². The molecule has 7 heteroatoms. The Morgan fingerprint density at radius 2 is 2.04 bits per heavy atom. The van der Waals surface area contributed by atoms with Crippen molar-refractivity contribution in [2.75, 3.05) is 21.3 Å². The maximum Gasteiger partial charge on any atom is 0.226 e. The molecule has 1 aliphatic rings. The highest BCUT2D eigenvalue weighted by molar-refractivity contribution is 5.90. The maximum atomic E-state index is 12.8. The summed E-state index contributed by atoms with van der Waals surface area (Å²) in [6, 6.07) is 8.88. The number of carbonyl (C=O) groups excluding carboxylic acids is 2. The fraction of sp³-hybridized carbons (Fsp3) is 0.350. The van der Waals surface area contributed by atoms with E-state index >= 15 is 0 Å². The third-order valence-electron chi connectivity index (χ3n) is 4.86. The van der Waals surface area contributed by atoms with E-state index in [1.54, 1.807) is 44.6 Å². The largest absolute Gasteiger partial charge is 0.493 e. The number of likely N-dealkylation sites (tertiary alicyclic amines) is 1. The highest BCUT2D eigenvalue weighted by atomic mass is 16.5. The van der Waals surface area contributed by atoms with Gasteiger partial charge in [0.15, 0.2) is 11.5 Å². The number of rotatable bonds is 6. The smallest absolute Gasteiger partial charge is 0.226 e. The molecule has 0 spiro atoms. The summed E-state index contributed by atoms with van der Waals surface area (Å²) in [5.41, 5.74) is 1.74. The summed E-state index contributed by atoms with van der Waals surface area (Å²) in [6.45, 7) is 0.341. The lowest BCUT2D eigenvalue weighted by Crippen LogP contribution is -2.34. The van der Waals surface area contributed by atoms with Crippen molar-refractivity contribution in [1.29, 1.82) is 0 Å². The third kappa shape index (κ3) is 3.86. The van der Waals surface area contributed by atoms with Crippen molar-refractivity contribution in [2.24, 2.45) is 5.92 Å². The van der Waals surface area contributed by atoms with Crippen LogP contribution in [0.3, 0.4) is 0 Å². The van der Waals surface area contributed by atoms with E-state index in [-0.39, 0.29) is 24.3 Å². The number of methoxy groups -OCH3 is 2. The van der Waals surface area contributed by atoms with Gasteiger partial charge in [-0.1, -0.05) is 12.1 Å². The number of benzene rings is 1. The Labute approximate surface area is 158 Å². The van der Waals surface area contributed by atoms with Gasteiger partial charge in [0.1, 0.15) is 0 Å². The number of nitrogens with one attached hydrogen (secondary N) is 1. The molecule has 0 radical (unpaired) electrons. The van der Waals surface area contributed by atoms with E-state index in [2.05, 4.69) is 10.3 Å². The molecule has 0 aliphatic carbocycles. The standard InChI is InChI=1S/C20H23N3O4/c1-23-18(24)10-15(19(23)14-5-4-8-21-12-14)20(25)22-11-13-6-7-16(26-2)17(9-13)27-3/h4-9,12,15,19H,10-11H2,1-3H3,(H,22,25). The molecule has 2 amide bonds. The van der Waals surface area contributed by atoms with Crippen LogP contribution in [0, 0.1) is 5.92 Å². The summed E-state index contributed by atoms with van der Waals surface area (Å²) < 4.78 is 10.5. The fourth-order valence-electron chi connectivity index (χ4n) is 3.42. The number of carbonyl (C=O) groups is 2. The van der Waals surface area contributed by atoms with Gasteiger partial charge in [0, 0.05) is 32.4 Å². The Morgan fingerprint density at radius 1 is 1.26 bits per heavy atom. The topological polar surface area (TPSA) is 80.8 Å². The zero-order valence-electron chi connectivity index (χ0n) is 15.6. The van der Waals surface area contributed by atoms with Gasteiger partial charge in [0.2, 0.25) is 11.8 Å². The minimum Gasteiger partial charge on any atom is -0.493 e. The lowest BCUT2D eigenvalue weighted by atomic mass is 9.94.